The minimum Gasteiger partial charge on any atom is -0.207 e. The maximum absolute atomic E-state index is 12.4. The molecular weight excluding hydrogens is 374 g/mol. The highest BCUT2D eigenvalue weighted by atomic mass is 79.9. The van der Waals surface area contributed by atoms with Crippen molar-refractivity contribution in [3.63, 3.8) is 0 Å². The van der Waals surface area contributed by atoms with Gasteiger partial charge < -0.3 is 0 Å². The maximum atomic E-state index is 12.4. The van der Waals surface area contributed by atoms with Gasteiger partial charge in [0.1, 0.15) is 0 Å². The largest absolute Gasteiger partial charge is 0.242 e. The maximum Gasteiger partial charge on any atom is 0.242 e. The third kappa shape index (κ3) is 3.86. The van der Waals surface area contributed by atoms with Gasteiger partial charge >= 0.3 is 0 Å². The number of aryl methyl sites for hydroxylation is 2. The zero-order chi connectivity index (χ0) is 15.6. The Morgan fingerprint density at radius 1 is 1.14 bits per heavy atom. The molecule has 0 aliphatic carbocycles. The van der Waals surface area contributed by atoms with Crippen molar-refractivity contribution in [3.05, 3.63) is 62.6 Å². The van der Waals surface area contributed by atoms with Crippen LogP contribution in [0.2, 0.25) is 5.02 Å². The van der Waals surface area contributed by atoms with E-state index >= 15 is 0 Å². The van der Waals surface area contributed by atoms with E-state index in [9.17, 15) is 8.42 Å². The van der Waals surface area contributed by atoms with Crippen molar-refractivity contribution in [2.24, 2.45) is 0 Å². The first-order chi connectivity index (χ1) is 9.81. The lowest BCUT2D eigenvalue weighted by Crippen LogP contribution is -2.24. The Labute approximate surface area is 138 Å². The Morgan fingerprint density at radius 3 is 2.43 bits per heavy atom. The fourth-order valence-electron chi connectivity index (χ4n) is 1.85. The van der Waals surface area contributed by atoms with Gasteiger partial charge in [-0.15, -0.1) is 0 Å². The monoisotopic (exact) mass is 387 g/mol. The molecule has 2 rings (SSSR count). The van der Waals surface area contributed by atoms with Crippen molar-refractivity contribution in [2.75, 3.05) is 0 Å². The Bertz CT molecular complexity index is 775. The molecule has 0 saturated carbocycles. The lowest BCUT2D eigenvalue weighted by atomic mass is 10.1. The van der Waals surface area contributed by atoms with Crippen LogP contribution < -0.4 is 4.72 Å². The molecule has 0 bridgehead atoms. The molecule has 0 aliphatic heterocycles. The van der Waals surface area contributed by atoms with Gasteiger partial charge in [0.05, 0.1) is 4.90 Å². The van der Waals surface area contributed by atoms with Crippen LogP contribution in [0.25, 0.3) is 0 Å². The minimum atomic E-state index is -3.60. The molecule has 112 valence electrons. The van der Waals surface area contributed by atoms with Crippen molar-refractivity contribution in [1.82, 2.24) is 4.72 Å². The Balaban J connectivity index is 2.27. The highest BCUT2D eigenvalue weighted by molar-refractivity contribution is 9.10. The smallest absolute Gasteiger partial charge is 0.207 e. The molecule has 0 amide bonds. The van der Waals surface area contributed by atoms with Crippen molar-refractivity contribution in [2.45, 2.75) is 25.3 Å². The summed E-state index contributed by atoms with van der Waals surface area (Å²) in [6.45, 7) is 3.98. The van der Waals surface area contributed by atoms with Gasteiger partial charge in [-0.05, 0) is 64.7 Å². The van der Waals surface area contributed by atoms with E-state index in [1.165, 1.54) is 0 Å². The highest BCUT2D eigenvalue weighted by Crippen LogP contribution is 2.26. The van der Waals surface area contributed by atoms with E-state index in [2.05, 4.69) is 20.7 Å². The average Bonchev–Trinajstić information content (AvgIpc) is 2.42. The highest BCUT2D eigenvalue weighted by Gasteiger charge is 2.18. The van der Waals surface area contributed by atoms with E-state index in [0.29, 0.717) is 9.50 Å². The Kier molecular flexibility index (Phi) is 5.09. The molecule has 0 unspecified atom stereocenters. The van der Waals surface area contributed by atoms with E-state index in [1.54, 1.807) is 30.3 Å². The summed E-state index contributed by atoms with van der Waals surface area (Å²) in [5.41, 5.74) is 2.70. The second-order valence-corrected chi connectivity index (χ2v) is 7.78. The van der Waals surface area contributed by atoms with E-state index in [1.807, 2.05) is 19.9 Å². The first-order valence-electron chi connectivity index (χ1n) is 6.31. The summed E-state index contributed by atoms with van der Waals surface area (Å²) >= 11 is 9.34. The molecule has 1 N–H and O–H groups in total. The van der Waals surface area contributed by atoms with Crippen LogP contribution in [-0.4, -0.2) is 8.42 Å². The molecule has 0 atom stereocenters. The van der Waals surface area contributed by atoms with E-state index < -0.39 is 10.0 Å². The molecule has 21 heavy (non-hydrogen) atoms. The third-order valence-corrected chi connectivity index (χ3v) is 5.98. The third-order valence-electron chi connectivity index (χ3n) is 3.25. The first-order valence-corrected chi connectivity index (χ1v) is 8.96. The number of benzene rings is 2. The normalized spacial score (nSPS) is 11.6. The van der Waals surface area contributed by atoms with Gasteiger partial charge in [-0.3, -0.25) is 0 Å². The summed E-state index contributed by atoms with van der Waals surface area (Å²) in [6, 6.07) is 10.6. The summed E-state index contributed by atoms with van der Waals surface area (Å²) in [4.78, 5) is 0.234. The molecule has 0 radical (unpaired) electrons. The van der Waals surface area contributed by atoms with Crippen molar-refractivity contribution in [1.29, 1.82) is 0 Å². The van der Waals surface area contributed by atoms with Gasteiger partial charge in [0, 0.05) is 16.0 Å². The predicted octanol–water partition coefficient (Wildman–Crippen LogP) is 4.20. The fraction of sp³-hybridized carbons (Fsp3) is 0.200. The summed E-state index contributed by atoms with van der Waals surface area (Å²) in [6.07, 6.45) is 0. The van der Waals surface area contributed by atoms with Crippen molar-refractivity contribution in [3.8, 4) is 0 Å². The van der Waals surface area contributed by atoms with E-state index in [4.69, 9.17) is 11.6 Å². The first kappa shape index (κ1) is 16.5. The molecule has 6 heteroatoms. The lowest BCUT2D eigenvalue weighted by Gasteiger charge is -2.11. The lowest BCUT2D eigenvalue weighted by molar-refractivity contribution is 0.580. The Morgan fingerprint density at radius 2 is 1.76 bits per heavy atom. The van der Waals surface area contributed by atoms with E-state index in [-0.39, 0.29) is 11.4 Å². The molecule has 0 spiro atoms. The number of nitrogens with one attached hydrogen (secondary N) is 1. The molecule has 0 aromatic heterocycles. The molecular formula is C15H15BrClNO2S. The molecule has 0 heterocycles. The average molecular weight is 389 g/mol. The summed E-state index contributed by atoms with van der Waals surface area (Å²) in [5, 5.41) is 0.541. The summed E-state index contributed by atoms with van der Waals surface area (Å²) in [5.74, 6) is 0. The zero-order valence-electron chi connectivity index (χ0n) is 11.7. The van der Waals surface area contributed by atoms with Gasteiger partial charge in [0.2, 0.25) is 10.0 Å². The van der Waals surface area contributed by atoms with Gasteiger partial charge in [0.25, 0.3) is 0 Å². The Hall–Kier alpha value is -0.880. The number of hydrogen-bond donors (Lipinski definition) is 1. The molecule has 0 saturated heterocycles. The second-order valence-electron chi connectivity index (χ2n) is 4.78. The van der Waals surface area contributed by atoms with Crippen LogP contribution in [0, 0.1) is 13.8 Å². The quantitative estimate of drug-likeness (QED) is 0.853. The van der Waals surface area contributed by atoms with Crippen LogP contribution in [0.3, 0.4) is 0 Å². The molecule has 0 aliphatic rings. The van der Waals surface area contributed by atoms with Crippen LogP contribution in [0.4, 0.5) is 0 Å². The van der Waals surface area contributed by atoms with Crippen molar-refractivity contribution < 1.29 is 8.42 Å². The standard InChI is InChI=1S/C15H15BrClNO2S/c1-10-7-13(16)15(8-11(10)2)21(19,20)18-9-12-5-3-4-6-14(12)17/h3-8,18H,9H2,1-2H3. The number of rotatable bonds is 4. The molecule has 2 aromatic carbocycles. The topological polar surface area (TPSA) is 46.2 Å². The number of sulfonamides is 1. The number of hydrogen-bond acceptors (Lipinski definition) is 2. The van der Waals surface area contributed by atoms with Crippen LogP contribution in [0.1, 0.15) is 16.7 Å². The van der Waals surface area contributed by atoms with Crippen LogP contribution in [0.15, 0.2) is 45.8 Å². The van der Waals surface area contributed by atoms with Crippen LogP contribution in [0.5, 0.6) is 0 Å². The van der Waals surface area contributed by atoms with Gasteiger partial charge in [-0.1, -0.05) is 29.8 Å². The van der Waals surface area contributed by atoms with Crippen LogP contribution >= 0.6 is 27.5 Å². The minimum absolute atomic E-state index is 0.154. The van der Waals surface area contributed by atoms with E-state index in [0.717, 1.165) is 16.7 Å². The van der Waals surface area contributed by atoms with Gasteiger partial charge in [-0.2, -0.15) is 0 Å². The molecule has 3 nitrogen and oxygen atoms in total. The predicted molar refractivity (Wildman–Crippen MR) is 89.1 cm³/mol. The van der Waals surface area contributed by atoms with Gasteiger partial charge in [-0.25, -0.2) is 13.1 Å². The van der Waals surface area contributed by atoms with Gasteiger partial charge in [0.15, 0.2) is 0 Å². The van der Waals surface area contributed by atoms with Crippen molar-refractivity contribution >= 4 is 37.6 Å². The second kappa shape index (κ2) is 6.48. The summed E-state index contributed by atoms with van der Waals surface area (Å²) in [7, 11) is -3.60. The zero-order valence-corrected chi connectivity index (χ0v) is 14.8. The SMILES string of the molecule is Cc1cc(Br)c(S(=O)(=O)NCc2ccccc2Cl)cc1C. The fourth-order valence-corrected chi connectivity index (χ4v) is 4.30. The van der Waals surface area contributed by atoms with Crippen LogP contribution in [-0.2, 0) is 16.6 Å². The molecule has 2 aromatic rings. The summed E-state index contributed by atoms with van der Waals surface area (Å²) < 4.78 is 28.0. The number of halogens is 2. The molecule has 0 fully saturated rings.